The van der Waals surface area contributed by atoms with Gasteiger partial charge in [-0.3, -0.25) is 9.59 Å². The first kappa shape index (κ1) is 18.5. The summed E-state index contributed by atoms with van der Waals surface area (Å²) in [6.07, 6.45) is 0. The van der Waals surface area contributed by atoms with Crippen molar-refractivity contribution >= 4 is 34.8 Å². The molecular weight excluding hydrogens is 342 g/mol. The second kappa shape index (κ2) is 7.12. The maximum absolute atomic E-state index is 13.3. The van der Waals surface area contributed by atoms with Crippen LogP contribution in [0.3, 0.4) is 0 Å². The van der Waals surface area contributed by atoms with E-state index in [1.54, 1.807) is 0 Å². The first-order valence-electron chi connectivity index (χ1n) is 8.76. The van der Waals surface area contributed by atoms with E-state index in [4.69, 9.17) is 0 Å². The number of anilines is 1. The van der Waals surface area contributed by atoms with Crippen LogP contribution in [0, 0.1) is 27.7 Å². The predicted molar refractivity (Wildman–Crippen MR) is 109 cm³/mol. The minimum atomic E-state index is -0.230. The molecule has 0 spiro atoms. The molecule has 3 rings (SSSR count). The fraction of sp³-hybridized carbons (Fsp3) is 0.273. The van der Waals surface area contributed by atoms with E-state index in [1.807, 2.05) is 65.0 Å². The lowest BCUT2D eigenvalue weighted by atomic mass is 9.98. The summed E-state index contributed by atoms with van der Waals surface area (Å²) in [6, 6.07) is 11.7. The third kappa shape index (κ3) is 2.99. The topological polar surface area (TPSA) is 37.4 Å². The van der Waals surface area contributed by atoms with Crippen molar-refractivity contribution < 1.29 is 9.59 Å². The van der Waals surface area contributed by atoms with Gasteiger partial charge in [-0.05, 0) is 61.8 Å². The standard InChI is InChI=1S/C22H23NO2S/c1-6-26-20-19(17-11-10-13(2)12-15(17)4)21(24)23(22(20)25)18-9-7-8-14(3)16(18)5/h7-12H,6H2,1-5H3. The van der Waals surface area contributed by atoms with Crippen molar-refractivity contribution in [3.63, 3.8) is 0 Å². The molecule has 2 aromatic carbocycles. The van der Waals surface area contributed by atoms with E-state index in [0.717, 1.165) is 33.6 Å². The average molecular weight is 365 g/mol. The molecule has 0 radical (unpaired) electrons. The Morgan fingerprint density at radius 1 is 0.923 bits per heavy atom. The van der Waals surface area contributed by atoms with E-state index >= 15 is 0 Å². The molecule has 4 heteroatoms. The first-order chi connectivity index (χ1) is 12.4. The van der Waals surface area contributed by atoms with Crippen LogP contribution in [0.25, 0.3) is 5.57 Å². The van der Waals surface area contributed by atoms with Gasteiger partial charge in [0.25, 0.3) is 11.8 Å². The van der Waals surface area contributed by atoms with Crippen molar-refractivity contribution in [3.8, 4) is 0 Å². The Morgan fingerprint density at radius 2 is 1.65 bits per heavy atom. The fourth-order valence-electron chi connectivity index (χ4n) is 3.32. The van der Waals surface area contributed by atoms with Crippen molar-refractivity contribution in [3.05, 3.63) is 69.1 Å². The van der Waals surface area contributed by atoms with Crippen LogP contribution in [0.1, 0.15) is 34.7 Å². The Kier molecular flexibility index (Phi) is 5.05. The second-order valence-electron chi connectivity index (χ2n) is 6.62. The van der Waals surface area contributed by atoms with Crippen molar-refractivity contribution in [2.75, 3.05) is 10.7 Å². The van der Waals surface area contributed by atoms with Crippen molar-refractivity contribution in [1.82, 2.24) is 0 Å². The molecule has 1 aliphatic heterocycles. The van der Waals surface area contributed by atoms with Crippen LogP contribution in [0.4, 0.5) is 5.69 Å². The van der Waals surface area contributed by atoms with E-state index in [1.165, 1.54) is 16.7 Å². The third-order valence-electron chi connectivity index (χ3n) is 4.80. The van der Waals surface area contributed by atoms with Gasteiger partial charge in [0.15, 0.2) is 0 Å². The molecular formula is C22H23NO2S. The normalized spacial score (nSPS) is 14.6. The van der Waals surface area contributed by atoms with Gasteiger partial charge >= 0.3 is 0 Å². The zero-order valence-electron chi connectivity index (χ0n) is 15.8. The first-order valence-corrected chi connectivity index (χ1v) is 9.75. The summed E-state index contributed by atoms with van der Waals surface area (Å²) in [5.74, 6) is 0.292. The Bertz CT molecular complexity index is 943. The number of aryl methyl sites for hydroxylation is 3. The zero-order valence-corrected chi connectivity index (χ0v) is 16.7. The number of carbonyl (C=O) groups is 2. The van der Waals surface area contributed by atoms with E-state index in [-0.39, 0.29) is 11.8 Å². The number of benzene rings is 2. The van der Waals surface area contributed by atoms with Gasteiger partial charge in [-0.2, -0.15) is 0 Å². The minimum absolute atomic E-state index is 0.217. The SMILES string of the molecule is CCSC1=C(c2ccc(C)cc2C)C(=O)N(c2cccc(C)c2C)C1=O. The van der Waals surface area contributed by atoms with Crippen LogP contribution in [0.2, 0.25) is 0 Å². The van der Waals surface area contributed by atoms with Gasteiger partial charge in [0.1, 0.15) is 0 Å². The Hall–Kier alpha value is -2.33. The van der Waals surface area contributed by atoms with E-state index in [0.29, 0.717) is 16.2 Å². The zero-order chi connectivity index (χ0) is 19.0. The molecule has 0 fully saturated rings. The molecule has 1 aliphatic rings. The van der Waals surface area contributed by atoms with E-state index in [9.17, 15) is 9.59 Å². The van der Waals surface area contributed by atoms with Crippen LogP contribution in [0.5, 0.6) is 0 Å². The molecule has 0 bridgehead atoms. The van der Waals surface area contributed by atoms with Crippen LogP contribution < -0.4 is 4.90 Å². The summed E-state index contributed by atoms with van der Waals surface area (Å²) in [6.45, 7) is 9.95. The van der Waals surface area contributed by atoms with E-state index in [2.05, 4.69) is 6.07 Å². The highest BCUT2D eigenvalue weighted by Gasteiger charge is 2.41. The lowest BCUT2D eigenvalue weighted by Gasteiger charge is -2.19. The maximum atomic E-state index is 13.3. The molecule has 3 nitrogen and oxygen atoms in total. The maximum Gasteiger partial charge on any atom is 0.272 e. The third-order valence-corrected chi connectivity index (χ3v) is 5.75. The number of rotatable bonds is 4. The largest absolute Gasteiger partial charge is 0.272 e. The quantitative estimate of drug-likeness (QED) is 0.719. The number of amides is 2. The van der Waals surface area contributed by atoms with Crippen LogP contribution >= 0.6 is 11.8 Å². The lowest BCUT2D eigenvalue weighted by Crippen LogP contribution is -2.32. The monoisotopic (exact) mass is 365 g/mol. The van der Waals surface area contributed by atoms with Gasteiger partial charge in [0.2, 0.25) is 0 Å². The second-order valence-corrected chi connectivity index (χ2v) is 7.89. The average Bonchev–Trinajstić information content (AvgIpc) is 2.82. The van der Waals surface area contributed by atoms with Crippen molar-refractivity contribution in [2.45, 2.75) is 34.6 Å². The predicted octanol–water partition coefficient (Wildman–Crippen LogP) is 4.96. The smallest absolute Gasteiger partial charge is 0.268 e. The van der Waals surface area contributed by atoms with Gasteiger partial charge < -0.3 is 0 Å². The highest BCUT2D eigenvalue weighted by molar-refractivity contribution is 8.04. The summed E-state index contributed by atoms with van der Waals surface area (Å²) in [5, 5.41) is 0. The fourth-order valence-corrected chi connectivity index (χ4v) is 4.16. The summed E-state index contributed by atoms with van der Waals surface area (Å²) < 4.78 is 0. The highest BCUT2D eigenvalue weighted by atomic mass is 32.2. The van der Waals surface area contributed by atoms with Crippen molar-refractivity contribution in [2.24, 2.45) is 0 Å². The number of nitrogens with zero attached hydrogens (tertiary/aromatic N) is 1. The van der Waals surface area contributed by atoms with Gasteiger partial charge in [0.05, 0.1) is 16.2 Å². The molecule has 0 saturated carbocycles. The molecule has 134 valence electrons. The Labute approximate surface area is 159 Å². The van der Waals surface area contributed by atoms with Crippen molar-refractivity contribution in [1.29, 1.82) is 0 Å². The molecule has 0 unspecified atom stereocenters. The molecule has 0 N–H and O–H groups in total. The Balaban J connectivity index is 2.17. The number of carbonyl (C=O) groups excluding carboxylic acids is 2. The molecule has 2 amide bonds. The van der Waals surface area contributed by atoms with Gasteiger partial charge in [0, 0.05) is 0 Å². The van der Waals surface area contributed by atoms with Gasteiger partial charge in [-0.15, -0.1) is 11.8 Å². The van der Waals surface area contributed by atoms with Gasteiger partial charge in [-0.1, -0.05) is 42.8 Å². The van der Waals surface area contributed by atoms with Crippen LogP contribution in [-0.2, 0) is 9.59 Å². The molecule has 2 aromatic rings. The van der Waals surface area contributed by atoms with Crippen LogP contribution in [0.15, 0.2) is 41.3 Å². The highest BCUT2D eigenvalue weighted by Crippen LogP contribution is 2.40. The van der Waals surface area contributed by atoms with Crippen LogP contribution in [-0.4, -0.2) is 17.6 Å². The molecule has 0 saturated heterocycles. The van der Waals surface area contributed by atoms with Gasteiger partial charge in [-0.25, -0.2) is 4.90 Å². The molecule has 0 aromatic heterocycles. The molecule has 0 aliphatic carbocycles. The number of hydrogen-bond donors (Lipinski definition) is 0. The minimum Gasteiger partial charge on any atom is -0.268 e. The molecule has 0 atom stereocenters. The summed E-state index contributed by atoms with van der Waals surface area (Å²) in [7, 11) is 0. The number of thioether (sulfide) groups is 1. The molecule has 26 heavy (non-hydrogen) atoms. The number of hydrogen-bond acceptors (Lipinski definition) is 3. The molecule has 1 heterocycles. The summed E-state index contributed by atoms with van der Waals surface area (Å²) in [4.78, 5) is 28.4. The summed E-state index contributed by atoms with van der Waals surface area (Å²) >= 11 is 1.44. The number of imide groups is 1. The van der Waals surface area contributed by atoms with E-state index < -0.39 is 0 Å². The lowest BCUT2D eigenvalue weighted by molar-refractivity contribution is -0.119. The Morgan fingerprint density at radius 3 is 2.31 bits per heavy atom. The summed E-state index contributed by atoms with van der Waals surface area (Å²) in [5.41, 5.74) is 6.22.